The first-order chi connectivity index (χ1) is 9.20. The summed E-state index contributed by atoms with van der Waals surface area (Å²) in [6.45, 7) is 7.90. The van der Waals surface area contributed by atoms with Crippen LogP contribution in [0.5, 0.6) is 0 Å². The van der Waals surface area contributed by atoms with Crippen molar-refractivity contribution in [1.29, 1.82) is 0 Å². The fourth-order valence-corrected chi connectivity index (χ4v) is 4.71. The van der Waals surface area contributed by atoms with Gasteiger partial charge in [0.2, 0.25) is 0 Å². The molecule has 1 aromatic rings. The summed E-state index contributed by atoms with van der Waals surface area (Å²) >= 11 is 3.98. The molecular formula is C15H26N2S2. The van der Waals surface area contributed by atoms with Gasteiger partial charge in [-0.3, -0.25) is 0 Å². The Balaban J connectivity index is 1.95. The average molecular weight is 299 g/mol. The van der Waals surface area contributed by atoms with Crippen molar-refractivity contribution in [3.8, 4) is 0 Å². The highest BCUT2D eigenvalue weighted by Gasteiger charge is 2.23. The second-order valence-electron chi connectivity index (χ2n) is 5.72. The fourth-order valence-electron chi connectivity index (χ4n) is 2.43. The summed E-state index contributed by atoms with van der Waals surface area (Å²) in [5, 5.41) is 4.99. The van der Waals surface area contributed by atoms with Gasteiger partial charge in [0.15, 0.2) is 0 Å². The van der Waals surface area contributed by atoms with Crippen LogP contribution in [0.1, 0.15) is 61.7 Å². The average Bonchev–Trinajstić information content (AvgIpc) is 2.79. The zero-order valence-corrected chi connectivity index (χ0v) is 14.0. The minimum atomic E-state index is 0.517. The molecule has 1 heterocycles. The SMILES string of the molecule is CCCNC1CCCc2sc(CSCC(C)C)nc21. The molecule has 0 saturated carbocycles. The van der Waals surface area contributed by atoms with E-state index in [2.05, 4.69) is 26.1 Å². The van der Waals surface area contributed by atoms with Gasteiger partial charge in [-0.15, -0.1) is 11.3 Å². The van der Waals surface area contributed by atoms with E-state index in [0.29, 0.717) is 6.04 Å². The first-order valence-electron chi connectivity index (χ1n) is 7.50. The first-order valence-corrected chi connectivity index (χ1v) is 9.47. The van der Waals surface area contributed by atoms with Gasteiger partial charge in [0.05, 0.1) is 11.7 Å². The van der Waals surface area contributed by atoms with Crippen molar-refractivity contribution in [2.75, 3.05) is 12.3 Å². The third-order valence-electron chi connectivity index (χ3n) is 3.32. The van der Waals surface area contributed by atoms with Crippen LogP contribution in [0.4, 0.5) is 0 Å². The second kappa shape index (κ2) is 7.65. The summed E-state index contributed by atoms with van der Waals surface area (Å²) in [7, 11) is 0. The van der Waals surface area contributed by atoms with Crippen LogP contribution in [0.2, 0.25) is 0 Å². The third kappa shape index (κ3) is 4.47. The summed E-state index contributed by atoms with van der Waals surface area (Å²) in [5.74, 6) is 3.11. The van der Waals surface area contributed by atoms with Crippen molar-refractivity contribution in [3.63, 3.8) is 0 Å². The lowest BCUT2D eigenvalue weighted by Gasteiger charge is -2.22. The van der Waals surface area contributed by atoms with Crippen LogP contribution in [-0.4, -0.2) is 17.3 Å². The summed E-state index contributed by atoms with van der Waals surface area (Å²) < 4.78 is 0. The van der Waals surface area contributed by atoms with E-state index in [4.69, 9.17) is 4.98 Å². The van der Waals surface area contributed by atoms with Gasteiger partial charge in [-0.05, 0) is 43.9 Å². The topological polar surface area (TPSA) is 24.9 Å². The zero-order chi connectivity index (χ0) is 13.7. The van der Waals surface area contributed by atoms with Gasteiger partial charge < -0.3 is 5.32 Å². The molecule has 2 rings (SSSR count). The van der Waals surface area contributed by atoms with Crippen molar-refractivity contribution in [2.45, 2.75) is 58.2 Å². The van der Waals surface area contributed by atoms with Crippen LogP contribution in [0.15, 0.2) is 0 Å². The number of nitrogens with zero attached hydrogens (tertiary/aromatic N) is 1. The number of thioether (sulfide) groups is 1. The molecule has 1 unspecified atom stereocenters. The number of fused-ring (bicyclic) bond motifs is 1. The van der Waals surface area contributed by atoms with E-state index in [0.717, 1.165) is 18.2 Å². The Hall–Kier alpha value is -0.0600. The highest BCUT2D eigenvalue weighted by atomic mass is 32.2. The number of aryl methyl sites for hydroxylation is 1. The molecule has 0 spiro atoms. The summed E-state index contributed by atoms with van der Waals surface area (Å²) in [5.41, 5.74) is 1.37. The standard InChI is InChI=1S/C15H26N2S2/c1-4-8-16-12-6-5-7-13-15(12)17-14(19-13)10-18-9-11(2)3/h11-12,16H,4-10H2,1-3H3. The lowest BCUT2D eigenvalue weighted by Crippen LogP contribution is -2.25. The highest BCUT2D eigenvalue weighted by Crippen LogP contribution is 2.34. The molecule has 0 aliphatic heterocycles. The van der Waals surface area contributed by atoms with Crippen molar-refractivity contribution >= 4 is 23.1 Å². The smallest absolute Gasteiger partial charge is 0.103 e. The van der Waals surface area contributed by atoms with Gasteiger partial charge >= 0.3 is 0 Å². The maximum absolute atomic E-state index is 4.92. The van der Waals surface area contributed by atoms with Gasteiger partial charge in [0.25, 0.3) is 0 Å². The predicted octanol–water partition coefficient (Wildman–Crippen LogP) is 4.41. The van der Waals surface area contributed by atoms with Crippen LogP contribution in [0, 0.1) is 5.92 Å². The van der Waals surface area contributed by atoms with Crippen LogP contribution in [-0.2, 0) is 12.2 Å². The monoisotopic (exact) mass is 298 g/mol. The molecular weight excluding hydrogens is 272 g/mol. The number of aromatic nitrogens is 1. The maximum atomic E-state index is 4.92. The minimum absolute atomic E-state index is 0.517. The van der Waals surface area contributed by atoms with E-state index in [9.17, 15) is 0 Å². The zero-order valence-electron chi connectivity index (χ0n) is 12.4. The van der Waals surface area contributed by atoms with Crippen molar-refractivity contribution in [3.05, 3.63) is 15.6 Å². The lowest BCUT2D eigenvalue weighted by atomic mass is 9.97. The molecule has 108 valence electrons. The second-order valence-corrected chi connectivity index (χ2v) is 7.92. The van der Waals surface area contributed by atoms with Gasteiger partial charge in [-0.2, -0.15) is 11.8 Å². The molecule has 1 N–H and O–H groups in total. The maximum Gasteiger partial charge on any atom is 0.103 e. The van der Waals surface area contributed by atoms with E-state index in [1.165, 1.54) is 42.1 Å². The highest BCUT2D eigenvalue weighted by molar-refractivity contribution is 7.98. The normalized spacial score (nSPS) is 18.8. The van der Waals surface area contributed by atoms with E-state index in [1.807, 2.05) is 23.1 Å². The van der Waals surface area contributed by atoms with Crippen LogP contribution >= 0.6 is 23.1 Å². The van der Waals surface area contributed by atoms with Gasteiger partial charge in [0, 0.05) is 10.6 Å². The molecule has 0 saturated heterocycles. The van der Waals surface area contributed by atoms with E-state index in [-0.39, 0.29) is 0 Å². The Labute approximate surface area is 125 Å². The van der Waals surface area contributed by atoms with E-state index >= 15 is 0 Å². The Kier molecular flexibility index (Phi) is 6.17. The largest absolute Gasteiger partial charge is 0.309 e. The molecule has 0 aromatic carbocycles. The Morgan fingerprint density at radius 2 is 2.32 bits per heavy atom. The third-order valence-corrected chi connectivity index (χ3v) is 6.01. The summed E-state index contributed by atoms with van der Waals surface area (Å²) in [4.78, 5) is 6.46. The van der Waals surface area contributed by atoms with E-state index in [1.54, 1.807) is 4.88 Å². The number of hydrogen-bond donors (Lipinski definition) is 1. The number of rotatable bonds is 7. The fraction of sp³-hybridized carbons (Fsp3) is 0.800. The van der Waals surface area contributed by atoms with Crippen molar-refractivity contribution in [2.24, 2.45) is 5.92 Å². The molecule has 19 heavy (non-hydrogen) atoms. The quantitative estimate of drug-likeness (QED) is 0.807. The number of thiazole rings is 1. The molecule has 1 atom stereocenters. The molecule has 0 bridgehead atoms. The van der Waals surface area contributed by atoms with Crippen LogP contribution in [0.25, 0.3) is 0 Å². The number of hydrogen-bond acceptors (Lipinski definition) is 4. The Morgan fingerprint density at radius 1 is 1.47 bits per heavy atom. The molecule has 0 radical (unpaired) electrons. The molecule has 1 aromatic heterocycles. The van der Waals surface area contributed by atoms with Crippen molar-refractivity contribution < 1.29 is 0 Å². The molecule has 0 fully saturated rings. The van der Waals surface area contributed by atoms with Crippen LogP contribution in [0.3, 0.4) is 0 Å². The molecule has 4 heteroatoms. The van der Waals surface area contributed by atoms with E-state index < -0.39 is 0 Å². The number of nitrogens with one attached hydrogen (secondary N) is 1. The summed E-state index contributed by atoms with van der Waals surface area (Å²) in [6, 6.07) is 0.517. The van der Waals surface area contributed by atoms with Gasteiger partial charge in [-0.1, -0.05) is 20.8 Å². The molecule has 0 amide bonds. The van der Waals surface area contributed by atoms with Gasteiger partial charge in [-0.25, -0.2) is 4.98 Å². The van der Waals surface area contributed by atoms with Gasteiger partial charge in [0.1, 0.15) is 5.01 Å². The molecule has 1 aliphatic rings. The molecule has 2 nitrogen and oxygen atoms in total. The van der Waals surface area contributed by atoms with Crippen LogP contribution < -0.4 is 5.32 Å². The summed E-state index contributed by atoms with van der Waals surface area (Å²) in [6.07, 6.45) is 5.02. The minimum Gasteiger partial charge on any atom is -0.309 e. The first kappa shape index (κ1) is 15.3. The Morgan fingerprint density at radius 3 is 3.05 bits per heavy atom. The van der Waals surface area contributed by atoms with Crippen molar-refractivity contribution in [1.82, 2.24) is 10.3 Å². The predicted molar refractivity (Wildman–Crippen MR) is 87.1 cm³/mol. The molecule has 1 aliphatic carbocycles. The lowest BCUT2D eigenvalue weighted by molar-refractivity contribution is 0.454. The Bertz CT molecular complexity index is 387.